The molecule has 3 fully saturated rings. The van der Waals surface area contributed by atoms with Crippen molar-refractivity contribution in [3.63, 3.8) is 0 Å². The van der Waals surface area contributed by atoms with E-state index >= 15 is 0 Å². The van der Waals surface area contributed by atoms with Crippen LogP contribution in [0.25, 0.3) is 0 Å². The molecule has 2 bridgehead atoms. The molecule has 0 saturated carbocycles. The number of ether oxygens (including phenoxy) is 3. The van der Waals surface area contributed by atoms with Gasteiger partial charge in [-0.3, -0.25) is 0 Å². The molecular weight excluding hydrogens is 198 g/mol. The molecule has 0 spiro atoms. The van der Waals surface area contributed by atoms with Gasteiger partial charge in [-0.1, -0.05) is 0 Å². The van der Waals surface area contributed by atoms with Crippen LogP contribution in [0.5, 0.6) is 0 Å². The Hall–Kier alpha value is -0.200. The first kappa shape index (κ1) is 11.3. The lowest BCUT2D eigenvalue weighted by Gasteiger charge is -2.65. The highest BCUT2D eigenvalue weighted by Gasteiger charge is 2.67. The maximum atomic E-state index is 9.23. The van der Waals surface area contributed by atoms with Gasteiger partial charge in [0.05, 0.1) is 24.9 Å². The average molecular weight is 217 g/mol. The normalized spacial score (nSPS) is 53.8. The molecule has 3 aliphatic heterocycles. The Morgan fingerprint density at radius 1 is 1.53 bits per heavy atom. The first-order valence-electron chi connectivity index (χ1n) is 5.16. The zero-order valence-electron chi connectivity index (χ0n) is 9.45. The van der Waals surface area contributed by atoms with Gasteiger partial charge in [0.1, 0.15) is 5.60 Å². The maximum Gasteiger partial charge on any atom is 0.195 e. The minimum absolute atomic E-state index is 0.0708. The smallest absolute Gasteiger partial charge is 0.195 e. The molecule has 88 valence electrons. The van der Waals surface area contributed by atoms with Crippen molar-refractivity contribution in [2.24, 2.45) is 5.73 Å². The molecule has 3 aliphatic rings. The Bertz CT molecular complexity index is 262. The van der Waals surface area contributed by atoms with Gasteiger partial charge in [-0.15, -0.1) is 0 Å². The zero-order valence-corrected chi connectivity index (χ0v) is 9.45. The number of rotatable bonds is 3. The molecule has 3 heterocycles. The van der Waals surface area contributed by atoms with Crippen molar-refractivity contribution in [3.05, 3.63) is 0 Å². The van der Waals surface area contributed by atoms with Crippen LogP contribution in [-0.4, -0.2) is 48.5 Å². The fourth-order valence-corrected chi connectivity index (χ4v) is 2.39. The van der Waals surface area contributed by atoms with E-state index in [1.807, 2.05) is 13.8 Å². The summed E-state index contributed by atoms with van der Waals surface area (Å²) in [5, 5.41) is 9.23. The fraction of sp³-hybridized carbons (Fsp3) is 1.00. The van der Waals surface area contributed by atoms with Crippen molar-refractivity contribution >= 4 is 0 Å². The Morgan fingerprint density at radius 3 is 2.60 bits per heavy atom. The molecule has 3 rings (SSSR count). The van der Waals surface area contributed by atoms with E-state index < -0.39 is 16.9 Å². The van der Waals surface area contributed by atoms with Gasteiger partial charge in [0.15, 0.2) is 5.79 Å². The predicted molar refractivity (Wildman–Crippen MR) is 53.3 cm³/mol. The number of aliphatic hydroxyl groups excluding tert-OH is 1. The molecule has 15 heavy (non-hydrogen) atoms. The molecule has 5 heteroatoms. The number of aliphatic hydroxyl groups is 1. The van der Waals surface area contributed by atoms with Crippen molar-refractivity contribution in [2.45, 2.75) is 43.3 Å². The lowest BCUT2D eigenvalue weighted by Crippen LogP contribution is -2.82. The van der Waals surface area contributed by atoms with Crippen molar-refractivity contribution in [2.75, 3.05) is 20.3 Å². The summed E-state index contributed by atoms with van der Waals surface area (Å²) >= 11 is 0. The van der Waals surface area contributed by atoms with E-state index in [9.17, 15) is 5.11 Å². The van der Waals surface area contributed by atoms with E-state index in [-0.39, 0.29) is 12.7 Å². The summed E-state index contributed by atoms with van der Waals surface area (Å²) in [4.78, 5) is 0. The van der Waals surface area contributed by atoms with Crippen molar-refractivity contribution in [1.29, 1.82) is 0 Å². The number of hydrogen-bond acceptors (Lipinski definition) is 5. The maximum absolute atomic E-state index is 9.23. The van der Waals surface area contributed by atoms with Gasteiger partial charge in [0.25, 0.3) is 0 Å². The van der Waals surface area contributed by atoms with Gasteiger partial charge in [-0.25, -0.2) is 0 Å². The Labute approximate surface area is 89.5 Å². The van der Waals surface area contributed by atoms with E-state index in [1.54, 1.807) is 7.11 Å². The summed E-state index contributed by atoms with van der Waals surface area (Å²) in [7, 11) is 1.61. The zero-order chi connectivity index (χ0) is 11.3. The van der Waals surface area contributed by atoms with Crippen molar-refractivity contribution in [3.8, 4) is 0 Å². The monoisotopic (exact) mass is 217 g/mol. The Morgan fingerprint density at radius 2 is 2.13 bits per heavy atom. The van der Waals surface area contributed by atoms with Gasteiger partial charge in [-0.2, -0.15) is 0 Å². The molecule has 0 aromatic rings. The molecule has 3 unspecified atom stereocenters. The molecule has 0 aromatic heterocycles. The first-order valence-corrected chi connectivity index (χ1v) is 5.16. The van der Waals surface area contributed by atoms with Crippen LogP contribution >= 0.6 is 0 Å². The molecular formula is C10H19NO4. The molecule has 0 radical (unpaired) electrons. The molecule has 0 aromatic carbocycles. The second-order valence-electron chi connectivity index (χ2n) is 4.93. The van der Waals surface area contributed by atoms with Crippen molar-refractivity contribution in [1.82, 2.24) is 0 Å². The minimum atomic E-state index is -0.850. The van der Waals surface area contributed by atoms with Crippen LogP contribution in [0.4, 0.5) is 0 Å². The summed E-state index contributed by atoms with van der Waals surface area (Å²) in [6.07, 6.45) is 0.578. The lowest BCUT2D eigenvalue weighted by molar-refractivity contribution is -0.453. The van der Waals surface area contributed by atoms with Crippen LogP contribution in [0.1, 0.15) is 20.3 Å². The van der Waals surface area contributed by atoms with Gasteiger partial charge < -0.3 is 25.1 Å². The third-order valence-corrected chi connectivity index (χ3v) is 3.73. The minimum Gasteiger partial charge on any atom is -0.391 e. The largest absolute Gasteiger partial charge is 0.391 e. The standard InChI is InChI=1S/C10H19NO4/c1-8(6-13-3)9(2,11)7-4-10(5-12,14-7)15-8/h7,12H,4-6,11H2,1-3H3/t7?,8-,9?,10?/m0/s1. The fourth-order valence-electron chi connectivity index (χ4n) is 2.39. The number of fused-ring (bicyclic) bond motifs is 2. The second kappa shape index (κ2) is 3.15. The van der Waals surface area contributed by atoms with E-state index in [0.717, 1.165) is 0 Å². The first-order chi connectivity index (χ1) is 6.89. The molecule has 0 aliphatic carbocycles. The van der Waals surface area contributed by atoms with E-state index in [2.05, 4.69) is 0 Å². The van der Waals surface area contributed by atoms with Crippen LogP contribution in [0.3, 0.4) is 0 Å². The summed E-state index contributed by atoms with van der Waals surface area (Å²) in [5.41, 5.74) is 5.01. The summed E-state index contributed by atoms with van der Waals surface area (Å²) in [6.45, 7) is 4.05. The highest BCUT2D eigenvalue weighted by atomic mass is 16.8. The van der Waals surface area contributed by atoms with Gasteiger partial charge in [0.2, 0.25) is 0 Å². The number of nitrogens with two attached hydrogens (primary N) is 1. The Kier molecular flexibility index (Phi) is 2.37. The quantitative estimate of drug-likeness (QED) is 0.674. The number of methoxy groups -OCH3 is 1. The summed E-state index contributed by atoms with van der Waals surface area (Å²) < 4.78 is 16.5. The highest BCUT2D eigenvalue weighted by molar-refractivity contribution is 5.15. The number of hydrogen-bond donors (Lipinski definition) is 2. The van der Waals surface area contributed by atoms with Gasteiger partial charge >= 0.3 is 0 Å². The van der Waals surface area contributed by atoms with Crippen LogP contribution in [0.15, 0.2) is 0 Å². The predicted octanol–water partition coefficient (Wildman–Crippen LogP) is -0.383. The lowest BCUT2D eigenvalue weighted by atomic mass is 9.70. The summed E-state index contributed by atoms with van der Waals surface area (Å²) in [5.74, 6) is -0.850. The Balaban J connectivity index is 2.23. The molecule has 0 amide bonds. The van der Waals surface area contributed by atoms with E-state index in [4.69, 9.17) is 19.9 Å². The van der Waals surface area contributed by atoms with Crippen LogP contribution in [-0.2, 0) is 14.2 Å². The molecule has 4 atom stereocenters. The van der Waals surface area contributed by atoms with Gasteiger partial charge in [0, 0.05) is 13.5 Å². The van der Waals surface area contributed by atoms with Crippen molar-refractivity contribution < 1.29 is 19.3 Å². The summed E-state index contributed by atoms with van der Waals surface area (Å²) in [6, 6.07) is 0. The molecule has 3 saturated heterocycles. The average Bonchev–Trinajstić information content (AvgIpc) is 2.08. The topological polar surface area (TPSA) is 73.9 Å². The van der Waals surface area contributed by atoms with E-state index in [1.165, 1.54) is 0 Å². The molecule has 5 nitrogen and oxygen atoms in total. The second-order valence-corrected chi connectivity index (χ2v) is 4.93. The van der Waals surface area contributed by atoms with E-state index in [0.29, 0.717) is 13.0 Å². The van der Waals surface area contributed by atoms with Gasteiger partial charge in [-0.05, 0) is 13.8 Å². The van der Waals surface area contributed by atoms with Crippen LogP contribution in [0, 0.1) is 0 Å². The molecule has 3 N–H and O–H groups in total. The van der Waals surface area contributed by atoms with Crippen LogP contribution < -0.4 is 5.73 Å². The SMILES string of the molecule is COC[C@]1(C)OC2(CO)CC(O2)C1(C)N. The van der Waals surface area contributed by atoms with Crippen LogP contribution in [0.2, 0.25) is 0 Å². The third kappa shape index (κ3) is 1.34. The highest BCUT2D eigenvalue weighted by Crippen LogP contribution is 2.51. The third-order valence-electron chi connectivity index (χ3n) is 3.73.